The van der Waals surface area contributed by atoms with Crippen LogP contribution in [0.4, 0.5) is 0 Å². The molecule has 0 aromatic heterocycles. The fourth-order valence-corrected chi connectivity index (χ4v) is 2.61. The van der Waals surface area contributed by atoms with Crippen molar-refractivity contribution in [1.29, 1.82) is 0 Å². The smallest absolute Gasteiger partial charge is 0.0257 e. The van der Waals surface area contributed by atoms with Crippen LogP contribution in [0.25, 0.3) is 10.8 Å². The first-order valence-corrected chi connectivity index (χ1v) is 5.96. The summed E-state index contributed by atoms with van der Waals surface area (Å²) in [5.41, 5.74) is 1.46. The van der Waals surface area contributed by atoms with Gasteiger partial charge in [-0.3, -0.25) is 0 Å². The second-order valence-electron chi connectivity index (χ2n) is 4.36. The molecule has 0 bridgehead atoms. The van der Waals surface area contributed by atoms with Gasteiger partial charge in [0, 0.05) is 5.88 Å². The van der Waals surface area contributed by atoms with Crippen LogP contribution >= 0.6 is 11.6 Å². The minimum absolute atomic E-state index is 0.715. The van der Waals surface area contributed by atoms with Gasteiger partial charge in [-0.2, -0.15) is 0 Å². The van der Waals surface area contributed by atoms with Crippen LogP contribution in [-0.4, -0.2) is 5.88 Å². The van der Waals surface area contributed by atoms with E-state index in [-0.39, 0.29) is 0 Å². The van der Waals surface area contributed by atoms with Gasteiger partial charge in [-0.25, -0.2) is 0 Å². The third-order valence-electron chi connectivity index (χ3n) is 3.32. The number of halogens is 1. The summed E-state index contributed by atoms with van der Waals surface area (Å²) in [4.78, 5) is 0. The summed E-state index contributed by atoms with van der Waals surface area (Å²) in [5.74, 6) is 2.23. The van der Waals surface area contributed by atoms with Crippen LogP contribution in [0.5, 0.6) is 0 Å². The fraction of sp³-hybridized carbons (Fsp3) is 0.286. The standard InChI is InChI=1S/C14H13Cl/c15-9-13-8-14(13)12-6-5-10-3-1-2-4-11(10)7-12/h1-7,13-14H,8-9H2. The van der Waals surface area contributed by atoms with Crippen LogP contribution < -0.4 is 0 Å². The van der Waals surface area contributed by atoms with E-state index in [1.54, 1.807) is 0 Å². The van der Waals surface area contributed by atoms with Crippen LogP contribution in [0.1, 0.15) is 17.9 Å². The molecule has 1 aliphatic carbocycles. The van der Waals surface area contributed by atoms with Gasteiger partial charge in [0.05, 0.1) is 0 Å². The van der Waals surface area contributed by atoms with E-state index in [4.69, 9.17) is 11.6 Å². The molecule has 3 rings (SSSR count). The lowest BCUT2D eigenvalue weighted by atomic mass is 10.0. The Morgan fingerprint density at radius 2 is 1.87 bits per heavy atom. The summed E-state index contributed by atoms with van der Waals surface area (Å²) in [6.45, 7) is 0. The first-order valence-electron chi connectivity index (χ1n) is 5.43. The van der Waals surface area contributed by atoms with Gasteiger partial charge in [0.15, 0.2) is 0 Å². The zero-order valence-corrected chi connectivity index (χ0v) is 9.24. The molecule has 0 radical (unpaired) electrons. The lowest BCUT2D eigenvalue weighted by Crippen LogP contribution is -1.84. The molecule has 2 aromatic rings. The molecule has 0 amide bonds. The van der Waals surface area contributed by atoms with E-state index in [2.05, 4.69) is 42.5 Å². The van der Waals surface area contributed by atoms with Gasteiger partial charge in [-0.15, -0.1) is 11.6 Å². The van der Waals surface area contributed by atoms with Gasteiger partial charge in [-0.1, -0.05) is 42.5 Å². The van der Waals surface area contributed by atoms with Gasteiger partial charge in [0.1, 0.15) is 0 Å². The maximum absolute atomic E-state index is 5.86. The number of hydrogen-bond acceptors (Lipinski definition) is 0. The predicted octanol–water partition coefficient (Wildman–Crippen LogP) is 4.18. The Kier molecular flexibility index (Phi) is 2.17. The SMILES string of the molecule is ClCC1CC1c1ccc2ccccc2c1. The Hall–Kier alpha value is -1.01. The predicted molar refractivity (Wildman–Crippen MR) is 65.5 cm³/mol. The molecule has 0 spiro atoms. The zero-order chi connectivity index (χ0) is 10.3. The molecule has 2 unspecified atom stereocenters. The second-order valence-corrected chi connectivity index (χ2v) is 4.67. The summed E-state index contributed by atoms with van der Waals surface area (Å²) >= 11 is 5.86. The zero-order valence-electron chi connectivity index (χ0n) is 8.49. The summed E-state index contributed by atoms with van der Waals surface area (Å²) in [7, 11) is 0. The highest BCUT2D eigenvalue weighted by Gasteiger charge is 2.37. The van der Waals surface area contributed by atoms with Crippen molar-refractivity contribution in [2.75, 3.05) is 5.88 Å². The molecule has 0 nitrogen and oxygen atoms in total. The van der Waals surface area contributed by atoms with Crippen LogP contribution in [0.2, 0.25) is 0 Å². The number of hydrogen-bond donors (Lipinski definition) is 0. The molecule has 0 saturated heterocycles. The van der Waals surface area contributed by atoms with Crippen LogP contribution in [0, 0.1) is 5.92 Å². The first kappa shape index (κ1) is 9.23. The van der Waals surface area contributed by atoms with Crippen LogP contribution in [0.3, 0.4) is 0 Å². The number of alkyl halides is 1. The average Bonchev–Trinajstić information content (AvgIpc) is 3.08. The van der Waals surface area contributed by atoms with E-state index in [0.717, 1.165) is 5.88 Å². The molecule has 0 heterocycles. The van der Waals surface area contributed by atoms with Crippen molar-refractivity contribution in [2.24, 2.45) is 5.92 Å². The van der Waals surface area contributed by atoms with E-state index in [0.29, 0.717) is 11.8 Å². The van der Waals surface area contributed by atoms with Gasteiger partial charge in [0.25, 0.3) is 0 Å². The minimum atomic E-state index is 0.715. The van der Waals surface area contributed by atoms with Crippen molar-refractivity contribution in [3.8, 4) is 0 Å². The van der Waals surface area contributed by atoms with Crippen molar-refractivity contribution >= 4 is 22.4 Å². The highest BCUT2D eigenvalue weighted by atomic mass is 35.5. The van der Waals surface area contributed by atoms with Crippen molar-refractivity contribution in [2.45, 2.75) is 12.3 Å². The number of rotatable bonds is 2. The van der Waals surface area contributed by atoms with Crippen molar-refractivity contribution in [3.63, 3.8) is 0 Å². The lowest BCUT2D eigenvalue weighted by molar-refractivity contribution is 0.924. The lowest BCUT2D eigenvalue weighted by Gasteiger charge is -2.02. The van der Waals surface area contributed by atoms with E-state index < -0.39 is 0 Å². The maximum atomic E-state index is 5.86. The molecule has 1 fully saturated rings. The Labute approximate surface area is 94.9 Å². The van der Waals surface area contributed by atoms with Crippen LogP contribution in [-0.2, 0) is 0 Å². The monoisotopic (exact) mass is 216 g/mol. The highest BCUT2D eigenvalue weighted by molar-refractivity contribution is 6.18. The average molecular weight is 217 g/mol. The maximum Gasteiger partial charge on any atom is 0.0257 e. The first-order chi connectivity index (χ1) is 7.38. The van der Waals surface area contributed by atoms with E-state index in [9.17, 15) is 0 Å². The van der Waals surface area contributed by atoms with E-state index >= 15 is 0 Å². The second kappa shape index (κ2) is 3.53. The molecule has 0 aliphatic heterocycles. The molecule has 15 heavy (non-hydrogen) atoms. The molecule has 76 valence electrons. The minimum Gasteiger partial charge on any atom is -0.126 e. The summed E-state index contributed by atoms with van der Waals surface area (Å²) in [6, 6.07) is 15.3. The quantitative estimate of drug-likeness (QED) is 0.661. The van der Waals surface area contributed by atoms with Gasteiger partial charge in [-0.05, 0) is 34.6 Å². The molecule has 2 atom stereocenters. The summed E-state index contributed by atoms with van der Waals surface area (Å²) in [5, 5.41) is 2.67. The Morgan fingerprint density at radius 3 is 2.60 bits per heavy atom. The van der Waals surface area contributed by atoms with Crippen LogP contribution in [0.15, 0.2) is 42.5 Å². The van der Waals surface area contributed by atoms with Gasteiger partial charge >= 0.3 is 0 Å². The molecular formula is C14H13Cl. The van der Waals surface area contributed by atoms with E-state index in [1.807, 2.05) is 0 Å². The third kappa shape index (κ3) is 1.63. The molecule has 1 heteroatoms. The van der Waals surface area contributed by atoms with Gasteiger partial charge < -0.3 is 0 Å². The van der Waals surface area contributed by atoms with Gasteiger partial charge in [0.2, 0.25) is 0 Å². The Bertz CT molecular complexity index is 489. The number of benzene rings is 2. The molecule has 0 N–H and O–H groups in total. The molecule has 2 aromatic carbocycles. The Balaban J connectivity index is 2.00. The van der Waals surface area contributed by atoms with Crippen molar-refractivity contribution < 1.29 is 0 Å². The highest BCUT2D eigenvalue weighted by Crippen LogP contribution is 2.48. The summed E-state index contributed by atoms with van der Waals surface area (Å²) < 4.78 is 0. The Morgan fingerprint density at radius 1 is 1.07 bits per heavy atom. The number of fused-ring (bicyclic) bond motifs is 1. The van der Waals surface area contributed by atoms with Crippen molar-refractivity contribution in [1.82, 2.24) is 0 Å². The molecular weight excluding hydrogens is 204 g/mol. The largest absolute Gasteiger partial charge is 0.126 e. The molecule has 1 aliphatic rings. The fourth-order valence-electron chi connectivity index (χ4n) is 2.26. The molecule has 1 saturated carbocycles. The summed E-state index contributed by atoms with van der Waals surface area (Å²) in [6.07, 6.45) is 1.27. The van der Waals surface area contributed by atoms with E-state index in [1.165, 1.54) is 22.8 Å². The normalized spacial score (nSPS) is 24.3. The topological polar surface area (TPSA) is 0 Å². The van der Waals surface area contributed by atoms with Crippen molar-refractivity contribution in [3.05, 3.63) is 48.0 Å². The third-order valence-corrected chi connectivity index (χ3v) is 3.72.